The molecule has 0 radical (unpaired) electrons. The second-order valence-electron chi connectivity index (χ2n) is 7.23. The Morgan fingerprint density at radius 2 is 2.00 bits per heavy atom. The molecule has 0 spiro atoms. The summed E-state index contributed by atoms with van der Waals surface area (Å²) in [5.74, 6) is 0.646. The lowest BCUT2D eigenvalue weighted by atomic mass is 10.0. The summed E-state index contributed by atoms with van der Waals surface area (Å²) in [5, 5.41) is 14.0. The van der Waals surface area contributed by atoms with Gasteiger partial charge in [0.25, 0.3) is 0 Å². The molecule has 4 rings (SSSR count). The Morgan fingerprint density at radius 3 is 2.65 bits per heavy atom. The molecule has 1 aromatic heterocycles. The Kier molecular flexibility index (Phi) is 3.94. The number of amides is 2. The molecule has 2 aromatic rings. The molecule has 1 aliphatic heterocycles. The molecule has 1 saturated carbocycles. The number of hydrogen-bond acceptors (Lipinski definition) is 3. The maximum absolute atomic E-state index is 12.1. The average Bonchev–Trinajstić information content (AvgIpc) is 3.28. The zero-order valence-electron chi connectivity index (χ0n) is 14.9. The van der Waals surface area contributed by atoms with Crippen LogP contribution >= 0.6 is 0 Å². The smallest absolute Gasteiger partial charge is 0.411 e. The summed E-state index contributed by atoms with van der Waals surface area (Å²) in [5.41, 5.74) is 3.02. The number of anilines is 2. The minimum atomic E-state index is -1.01. The van der Waals surface area contributed by atoms with Crippen LogP contribution in [0.2, 0.25) is 0 Å². The van der Waals surface area contributed by atoms with Crippen LogP contribution in [0.15, 0.2) is 30.6 Å². The SMILES string of the molecule is CC(=O)N1c2ccc(-c3cnn(CC4CC4)c3)cc2N(C(=O)O)C[C@@H]1C. The van der Waals surface area contributed by atoms with Crippen molar-refractivity contribution in [1.82, 2.24) is 9.78 Å². The van der Waals surface area contributed by atoms with Crippen LogP contribution in [0.3, 0.4) is 0 Å². The van der Waals surface area contributed by atoms with Gasteiger partial charge >= 0.3 is 6.09 Å². The topological polar surface area (TPSA) is 78.7 Å². The van der Waals surface area contributed by atoms with Crippen molar-refractivity contribution in [3.8, 4) is 11.1 Å². The number of hydrogen-bond donors (Lipinski definition) is 1. The standard InChI is InChI=1S/C19H22N4O3/c1-12-9-22(19(25)26)18-7-15(5-6-17(18)23(12)13(2)24)16-8-20-21(11-16)10-14-3-4-14/h5-8,11-12,14H,3-4,9-10H2,1-2H3,(H,25,26)/t12-/m0/s1. The minimum absolute atomic E-state index is 0.0891. The molecule has 2 amide bonds. The Labute approximate surface area is 151 Å². The van der Waals surface area contributed by atoms with Gasteiger partial charge in [0.15, 0.2) is 0 Å². The molecule has 7 heteroatoms. The molecule has 0 bridgehead atoms. The normalized spacial score (nSPS) is 19.4. The fourth-order valence-corrected chi connectivity index (χ4v) is 3.64. The number of carbonyl (C=O) groups is 2. The molecular weight excluding hydrogens is 332 g/mol. The van der Waals surface area contributed by atoms with E-state index in [4.69, 9.17) is 0 Å². The number of aromatic nitrogens is 2. The molecule has 0 unspecified atom stereocenters. The van der Waals surface area contributed by atoms with Crippen LogP contribution in [-0.4, -0.2) is 39.5 Å². The third-order valence-corrected chi connectivity index (χ3v) is 5.09. The van der Waals surface area contributed by atoms with Gasteiger partial charge in [0.1, 0.15) is 0 Å². The predicted molar refractivity (Wildman–Crippen MR) is 98.4 cm³/mol. The van der Waals surface area contributed by atoms with Crippen LogP contribution in [0.5, 0.6) is 0 Å². The van der Waals surface area contributed by atoms with Gasteiger partial charge in [-0.1, -0.05) is 6.07 Å². The summed E-state index contributed by atoms with van der Waals surface area (Å²) in [6, 6.07) is 5.38. The molecule has 2 heterocycles. The maximum Gasteiger partial charge on any atom is 0.411 e. The molecule has 1 N–H and O–H groups in total. The second kappa shape index (κ2) is 6.16. The lowest BCUT2D eigenvalue weighted by Crippen LogP contribution is -2.51. The summed E-state index contributed by atoms with van der Waals surface area (Å²) >= 11 is 0. The van der Waals surface area contributed by atoms with E-state index < -0.39 is 6.09 Å². The summed E-state index contributed by atoms with van der Waals surface area (Å²) in [7, 11) is 0. The number of fused-ring (bicyclic) bond motifs is 1. The van der Waals surface area contributed by atoms with Gasteiger partial charge in [-0.3, -0.25) is 14.4 Å². The highest BCUT2D eigenvalue weighted by molar-refractivity contribution is 6.02. The number of rotatable bonds is 3. The van der Waals surface area contributed by atoms with E-state index in [1.807, 2.05) is 42.2 Å². The van der Waals surface area contributed by atoms with Crippen molar-refractivity contribution in [1.29, 1.82) is 0 Å². The molecular formula is C19H22N4O3. The summed E-state index contributed by atoms with van der Waals surface area (Å²) in [6.45, 7) is 4.55. The number of nitrogens with zero attached hydrogens (tertiary/aromatic N) is 4. The van der Waals surface area contributed by atoms with Gasteiger partial charge in [-0.25, -0.2) is 4.79 Å². The minimum Gasteiger partial charge on any atom is -0.465 e. The lowest BCUT2D eigenvalue weighted by molar-refractivity contribution is -0.117. The molecule has 1 aliphatic carbocycles. The third kappa shape index (κ3) is 2.94. The average molecular weight is 354 g/mol. The number of carboxylic acid groups (broad SMARTS) is 1. The van der Waals surface area contributed by atoms with E-state index in [0.29, 0.717) is 11.4 Å². The quantitative estimate of drug-likeness (QED) is 0.918. The van der Waals surface area contributed by atoms with Crippen molar-refractivity contribution in [3.63, 3.8) is 0 Å². The van der Waals surface area contributed by atoms with Gasteiger partial charge < -0.3 is 10.0 Å². The van der Waals surface area contributed by atoms with Crippen molar-refractivity contribution in [2.45, 2.75) is 39.3 Å². The highest BCUT2D eigenvalue weighted by Gasteiger charge is 2.33. The van der Waals surface area contributed by atoms with E-state index in [9.17, 15) is 14.7 Å². The van der Waals surface area contributed by atoms with Crippen LogP contribution < -0.4 is 9.80 Å². The van der Waals surface area contributed by atoms with Crippen LogP contribution in [0.1, 0.15) is 26.7 Å². The van der Waals surface area contributed by atoms with E-state index in [-0.39, 0.29) is 18.5 Å². The Hall–Kier alpha value is -2.83. The van der Waals surface area contributed by atoms with Crippen LogP contribution in [0, 0.1) is 5.92 Å². The molecule has 0 saturated heterocycles. The molecule has 1 atom stereocenters. The predicted octanol–water partition coefficient (Wildman–Crippen LogP) is 3.20. The van der Waals surface area contributed by atoms with Crippen molar-refractivity contribution in [3.05, 3.63) is 30.6 Å². The Bertz CT molecular complexity index is 871. The van der Waals surface area contributed by atoms with Gasteiger partial charge in [0.2, 0.25) is 5.91 Å². The van der Waals surface area contributed by atoms with Crippen molar-refractivity contribution < 1.29 is 14.7 Å². The highest BCUT2D eigenvalue weighted by atomic mass is 16.4. The summed E-state index contributed by atoms with van der Waals surface area (Å²) in [4.78, 5) is 26.8. The molecule has 2 aliphatic rings. The monoisotopic (exact) mass is 354 g/mol. The number of carbonyl (C=O) groups excluding carboxylic acids is 1. The maximum atomic E-state index is 12.1. The van der Waals surface area contributed by atoms with Gasteiger partial charge in [-0.05, 0) is 43.4 Å². The second-order valence-corrected chi connectivity index (χ2v) is 7.23. The van der Waals surface area contributed by atoms with Gasteiger partial charge in [0.05, 0.1) is 23.6 Å². The molecule has 1 aromatic carbocycles. The van der Waals surface area contributed by atoms with E-state index >= 15 is 0 Å². The van der Waals surface area contributed by atoms with E-state index in [0.717, 1.165) is 23.6 Å². The lowest BCUT2D eigenvalue weighted by Gasteiger charge is -2.39. The van der Waals surface area contributed by atoms with Crippen LogP contribution in [0.4, 0.5) is 16.2 Å². The Balaban J connectivity index is 1.73. The molecule has 136 valence electrons. The van der Waals surface area contributed by atoms with Gasteiger partial charge in [0, 0.05) is 31.8 Å². The molecule has 26 heavy (non-hydrogen) atoms. The zero-order chi connectivity index (χ0) is 18.4. The van der Waals surface area contributed by atoms with Crippen LogP contribution in [-0.2, 0) is 11.3 Å². The van der Waals surface area contributed by atoms with Gasteiger partial charge in [-0.2, -0.15) is 5.10 Å². The van der Waals surface area contributed by atoms with Crippen molar-refractivity contribution in [2.75, 3.05) is 16.3 Å². The third-order valence-electron chi connectivity index (χ3n) is 5.09. The summed E-state index contributed by atoms with van der Waals surface area (Å²) in [6.07, 6.45) is 5.33. The van der Waals surface area contributed by atoms with Crippen molar-refractivity contribution >= 4 is 23.4 Å². The first-order valence-corrected chi connectivity index (χ1v) is 8.91. The largest absolute Gasteiger partial charge is 0.465 e. The first-order valence-electron chi connectivity index (χ1n) is 8.91. The van der Waals surface area contributed by atoms with Gasteiger partial charge in [-0.15, -0.1) is 0 Å². The first kappa shape index (κ1) is 16.6. The van der Waals surface area contributed by atoms with Crippen molar-refractivity contribution in [2.24, 2.45) is 5.92 Å². The number of benzene rings is 1. The van der Waals surface area contributed by atoms with E-state index in [2.05, 4.69) is 5.10 Å². The first-order chi connectivity index (χ1) is 12.4. The highest BCUT2D eigenvalue weighted by Crippen LogP contribution is 2.39. The Morgan fingerprint density at radius 1 is 1.23 bits per heavy atom. The fraction of sp³-hybridized carbons (Fsp3) is 0.421. The van der Waals surface area contributed by atoms with Crippen LogP contribution in [0.25, 0.3) is 11.1 Å². The fourth-order valence-electron chi connectivity index (χ4n) is 3.64. The van der Waals surface area contributed by atoms with E-state index in [1.165, 1.54) is 24.7 Å². The van der Waals surface area contributed by atoms with E-state index in [1.54, 1.807) is 4.90 Å². The molecule has 7 nitrogen and oxygen atoms in total. The summed E-state index contributed by atoms with van der Waals surface area (Å²) < 4.78 is 1.95. The molecule has 1 fully saturated rings. The zero-order valence-corrected chi connectivity index (χ0v) is 14.9.